The lowest BCUT2D eigenvalue weighted by Crippen LogP contribution is -2.46. The highest BCUT2D eigenvalue weighted by atomic mass is 32.2. The fraction of sp³-hybridized carbons (Fsp3) is 0.235. The molecule has 1 aliphatic rings. The number of primary sulfonamides is 1. The van der Waals surface area contributed by atoms with E-state index in [9.17, 15) is 17.6 Å². The smallest absolute Gasteiger partial charge is 0.238 e. The van der Waals surface area contributed by atoms with Gasteiger partial charge in [0.15, 0.2) is 0 Å². The van der Waals surface area contributed by atoms with Gasteiger partial charge in [-0.2, -0.15) is 0 Å². The van der Waals surface area contributed by atoms with Gasteiger partial charge in [-0.15, -0.1) is 0 Å². The molecule has 5 nitrogen and oxygen atoms in total. The molecule has 3 rings (SSSR count). The van der Waals surface area contributed by atoms with Crippen LogP contribution in [0.2, 0.25) is 0 Å². The van der Waals surface area contributed by atoms with E-state index in [2.05, 4.69) is 5.32 Å². The van der Waals surface area contributed by atoms with Crippen LogP contribution in [0, 0.1) is 5.82 Å². The van der Waals surface area contributed by atoms with Crippen molar-refractivity contribution in [3.05, 3.63) is 59.9 Å². The Balaban J connectivity index is 1.85. The quantitative estimate of drug-likeness (QED) is 0.890. The van der Waals surface area contributed by atoms with Gasteiger partial charge in [-0.3, -0.25) is 4.79 Å². The maximum Gasteiger partial charge on any atom is 0.238 e. The van der Waals surface area contributed by atoms with E-state index in [1.165, 1.54) is 30.3 Å². The number of anilines is 1. The van der Waals surface area contributed by atoms with Crippen LogP contribution in [-0.4, -0.2) is 14.3 Å². The van der Waals surface area contributed by atoms with Crippen LogP contribution in [0.15, 0.2) is 53.4 Å². The van der Waals surface area contributed by atoms with E-state index < -0.39 is 21.3 Å². The van der Waals surface area contributed by atoms with Gasteiger partial charge < -0.3 is 5.32 Å². The molecular weight excluding hydrogens is 331 g/mol. The molecule has 0 saturated heterocycles. The summed E-state index contributed by atoms with van der Waals surface area (Å²) in [6.07, 6.45) is 2.01. The minimum Gasteiger partial charge on any atom is -0.325 e. The number of nitrogens with one attached hydrogen (secondary N) is 1. The second kappa shape index (κ2) is 5.99. The average molecular weight is 348 g/mol. The van der Waals surface area contributed by atoms with E-state index in [0.717, 1.165) is 6.42 Å². The highest BCUT2D eigenvalue weighted by Gasteiger charge is 2.47. The highest BCUT2D eigenvalue weighted by Crippen LogP contribution is 2.45. The first-order valence-corrected chi connectivity index (χ1v) is 9.07. The van der Waals surface area contributed by atoms with Gasteiger partial charge in [0.05, 0.1) is 10.3 Å². The van der Waals surface area contributed by atoms with Gasteiger partial charge in [-0.25, -0.2) is 17.9 Å². The Hall–Kier alpha value is -2.25. The Bertz CT molecular complexity index is 875. The number of sulfonamides is 1. The maximum absolute atomic E-state index is 14.1. The molecule has 0 aliphatic heterocycles. The van der Waals surface area contributed by atoms with Crippen LogP contribution < -0.4 is 10.5 Å². The zero-order valence-corrected chi connectivity index (χ0v) is 13.6. The summed E-state index contributed by atoms with van der Waals surface area (Å²) in [5.74, 6) is -0.681. The topological polar surface area (TPSA) is 89.3 Å². The predicted octanol–water partition coefficient (Wildman–Crippen LogP) is 2.53. The lowest BCUT2D eigenvalue weighted by molar-refractivity contribution is -0.124. The number of benzene rings is 2. The zero-order valence-electron chi connectivity index (χ0n) is 12.8. The van der Waals surface area contributed by atoms with Crippen LogP contribution in [0.1, 0.15) is 24.8 Å². The number of nitrogens with two attached hydrogens (primary N) is 1. The molecule has 0 spiro atoms. The molecule has 2 aromatic rings. The molecular formula is C17H17FN2O3S. The van der Waals surface area contributed by atoms with Crippen molar-refractivity contribution in [1.29, 1.82) is 0 Å². The number of carbonyl (C=O) groups is 1. The molecule has 1 amide bonds. The van der Waals surface area contributed by atoms with Crippen LogP contribution in [-0.2, 0) is 20.2 Å². The van der Waals surface area contributed by atoms with Crippen molar-refractivity contribution in [1.82, 2.24) is 0 Å². The molecule has 24 heavy (non-hydrogen) atoms. The van der Waals surface area contributed by atoms with E-state index in [4.69, 9.17) is 5.14 Å². The normalized spacial score (nSPS) is 16.2. The third-order valence-corrected chi connectivity index (χ3v) is 5.40. The van der Waals surface area contributed by atoms with Crippen molar-refractivity contribution >= 4 is 21.6 Å². The van der Waals surface area contributed by atoms with Crippen LogP contribution >= 0.6 is 0 Å². The monoisotopic (exact) mass is 348 g/mol. The van der Waals surface area contributed by atoms with E-state index in [1.807, 2.05) is 0 Å². The van der Waals surface area contributed by atoms with Crippen molar-refractivity contribution in [2.45, 2.75) is 29.6 Å². The predicted molar refractivity (Wildman–Crippen MR) is 88.4 cm³/mol. The summed E-state index contributed by atoms with van der Waals surface area (Å²) in [6.45, 7) is 0. The molecule has 0 heterocycles. The molecule has 0 bridgehead atoms. The zero-order chi connectivity index (χ0) is 17.4. The third kappa shape index (κ3) is 2.92. The van der Waals surface area contributed by atoms with Crippen molar-refractivity contribution < 1.29 is 17.6 Å². The first kappa shape index (κ1) is 16.6. The minimum absolute atomic E-state index is 0.0343. The van der Waals surface area contributed by atoms with E-state index in [-0.39, 0.29) is 10.8 Å². The van der Waals surface area contributed by atoms with Crippen molar-refractivity contribution in [2.75, 3.05) is 5.32 Å². The summed E-state index contributed by atoms with van der Waals surface area (Å²) in [4.78, 5) is 12.7. The summed E-state index contributed by atoms with van der Waals surface area (Å²) in [6, 6.07) is 11.9. The molecule has 2 aromatic carbocycles. The Morgan fingerprint density at radius 1 is 1.08 bits per heavy atom. The van der Waals surface area contributed by atoms with Crippen LogP contribution in [0.5, 0.6) is 0 Å². The van der Waals surface area contributed by atoms with Crippen LogP contribution in [0.3, 0.4) is 0 Å². The second-order valence-electron chi connectivity index (χ2n) is 5.94. The van der Waals surface area contributed by atoms with Crippen LogP contribution in [0.25, 0.3) is 0 Å². The fourth-order valence-corrected chi connectivity index (χ4v) is 3.49. The number of hydrogen-bond donors (Lipinski definition) is 2. The first-order valence-electron chi connectivity index (χ1n) is 7.52. The molecule has 0 atom stereocenters. The van der Waals surface area contributed by atoms with Crippen molar-refractivity contribution in [3.8, 4) is 0 Å². The van der Waals surface area contributed by atoms with Crippen molar-refractivity contribution in [3.63, 3.8) is 0 Å². The van der Waals surface area contributed by atoms with Gasteiger partial charge >= 0.3 is 0 Å². The summed E-state index contributed by atoms with van der Waals surface area (Å²) >= 11 is 0. The Kier molecular flexibility index (Phi) is 4.15. The molecule has 1 aliphatic carbocycles. The van der Waals surface area contributed by atoms with E-state index in [0.29, 0.717) is 24.1 Å². The molecule has 0 radical (unpaired) electrons. The highest BCUT2D eigenvalue weighted by molar-refractivity contribution is 7.89. The van der Waals surface area contributed by atoms with Gasteiger partial charge in [0.25, 0.3) is 0 Å². The number of hydrogen-bond acceptors (Lipinski definition) is 3. The molecule has 0 unspecified atom stereocenters. The van der Waals surface area contributed by atoms with Gasteiger partial charge in [-0.05, 0) is 43.2 Å². The summed E-state index contributed by atoms with van der Waals surface area (Å²) in [5, 5.41) is 7.79. The SMILES string of the molecule is NS(=O)(=O)c1ccc(NC(=O)C2(c3ccccc3F)CCC2)cc1. The number of rotatable bonds is 4. The molecule has 7 heteroatoms. The number of carbonyl (C=O) groups excluding carboxylic acids is 1. The maximum atomic E-state index is 14.1. The summed E-state index contributed by atoms with van der Waals surface area (Å²) < 4.78 is 36.6. The standard InChI is InChI=1S/C17H17FN2O3S/c18-15-5-2-1-4-14(15)17(10-3-11-17)16(21)20-12-6-8-13(9-7-12)24(19,22)23/h1-2,4-9H,3,10-11H2,(H,20,21)(H2,19,22,23). The van der Waals surface area contributed by atoms with E-state index >= 15 is 0 Å². The largest absolute Gasteiger partial charge is 0.325 e. The molecule has 126 valence electrons. The van der Waals surface area contributed by atoms with Gasteiger partial charge in [-0.1, -0.05) is 24.6 Å². The van der Waals surface area contributed by atoms with Crippen LogP contribution in [0.4, 0.5) is 10.1 Å². The minimum atomic E-state index is -3.78. The summed E-state index contributed by atoms with van der Waals surface area (Å²) in [7, 11) is -3.78. The molecule has 0 aromatic heterocycles. The van der Waals surface area contributed by atoms with E-state index in [1.54, 1.807) is 18.2 Å². The Labute approximate surface area is 139 Å². The van der Waals surface area contributed by atoms with Gasteiger partial charge in [0.2, 0.25) is 15.9 Å². The fourth-order valence-electron chi connectivity index (χ4n) is 2.98. The Morgan fingerprint density at radius 2 is 1.71 bits per heavy atom. The van der Waals surface area contributed by atoms with Crippen molar-refractivity contribution in [2.24, 2.45) is 5.14 Å². The average Bonchev–Trinajstić information content (AvgIpc) is 2.48. The van der Waals surface area contributed by atoms with Gasteiger partial charge in [0, 0.05) is 11.3 Å². The lowest BCUT2D eigenvalue weighted by Gasteiger charge is -2.40. The number of halogens is 1. The number of amides is 1. The third-order valence-electron chi connectivity index (χ3n) is 4.47. The molecule has 1 fully saturated rings. The Morgan fingerprint density at radius 3 is 2.21 bits per heavy atom. The molecule has 3 N–H and O–H groups in total. The summed E-state index contributed by atoms with van der Waals surface area (Å²) in [5.41, 5.74) is -0.0332. The second-order valence-corrected chi connectivity index (χ2v) is 7.50. The lowest BCUT2D eigenvalue weighted by atomic mass is 9.63. The van der Waals surface area contributed by atoms with Gasteiger partial charge in [0.1, 0.15) is 5.82 Å². The molecule has 1 saturated carbocycles. The first-order chi connectivity index (χ1) is 11.3.